The summed E-state index contributed by atoms with van der Waals surface area (Å²) in [5.41, 5.74) is 25.2. The average molecular weight is 1160 g/mol. The third-order valence-corrected chi connectivity index (χ3v) is 18.2. The second-order valence-electron chi connectivity index (χ2n) is 23.7. The van der Waals surface area contributed by atoms with E-state index in [1.54, 1.807) is 0 Å². The first-order valence-electron chi connectivity index (χ1n) is 30.9. The molecule has 0 amide bonds. The zero-order valence-corrected chi connectivity index (χ0v) is 50.1. The minimum atomic E-state index is 0.631. The van der Waals surface area contributed by atoms with Crippen LogP contribution in [0.25, 0.3) is 161 Å². The minimum Gasteiger partial charge on any atom is -0.309 e. The van der Waals surface area contributed by atoms with Crippen LogP contribution >= 0.6 is 0 Å². The van der Waals surface area contributed by atoms with Crippen molar-refractivity contribution in [2.75, 3.05) is 0 Å². The van der Waals surface area contributed by atoms with Gasteiger partial charge in [-0.2, -0.15) is 5.26 Å². The number of benzene rings is 12. The van der Waals surface area contributed by atoms with E-state index in [9.17, 15) is 5.26 Å². The fraction of sp³-hybridized carbons (Fsp3) is 0.0235. The first-order valence-corrected chi connectivity index (χ1v) is 30.9. The van der Waals surface area contributed by atoms with Gasteiger partial charge in [0.05, 0.1) is 44.7 Å². The van der Waals surface area contributed by atoms with Gasteiger partial charge in [0.1, 0.15) is 11.6 Å². The maximum atomic E-state index is 10.1. The molecule has 6 nitrogen and oxygen atoms in total. The monoisotopic (exact) mass is 1160 g/mol. The zero-order chi connectivity index (χ0) is 60.7. The Balaban J connectivity index is 1.01. The fourth-order valence-electron chi connectivity index (χ4n) is 14.1. The molecule has 426 valence electrons. The quantitative estimate of drug-likeness (QED) is 0.137. The van der Waals surface area contributed by atoms with Crippen molar-refractivity contribution in [1.82, 2.24) is 23.7 Å². The van der Waals surface area contributed by atoms with E-state index in [4.69, 9.17) is 9.97 Å². The molecule has 17 aromatic rings. The SMILES string of the molecule is Cc1cc(-c2ccccc2-c2cc(-n3c4ccc(-c5ccccc5)cc4c4cc(-c5ccccc5)ccc43)nc(-n3c4ccc(-c5ccccc5)cc4c4cc(-c5ccccc5)ccc43)c2-c2ccc(-n3c4ccccc4c4cc(C#N)ccc43)cc2)cc(C)n1. The van der Waals surface area contributed by atoms with Crippen LogP contribution in [-0.4, -0.2) is 23.7 Å². The summed E-state index contributed by atoms with van der Waals surface area (Å²) in [7, 11) is 0. The average Bonchev–Trinajstić information content (AvgIpc) is 1.71. The van der Waals surface area contributed by atoms with Gasteiger partial charge in [-0.25, -0.2) is 4.98 Å². The van der Waals surface area contributed by atoms with Crippen molar-refractivity contribution in [3.8, 4) is 101 Å². The maximum absolute atomic E-state index is 10.1. The molecular weight excluding hydrogens is 1100 g/mol. The highest BCUT2D eigenvalue weighted by Gasteiger charge is 2.27. The Hall–Kier alpha value is -12.2. The van der Waals surface area contributed by atoms with Crippen molar-refractivity contribution in [3.63, 3.8) is 0 Å². The van der Waals surface area contributed by atoms with Crippen molar-refractivity contribution in [3.05, 3.63) is 320 Å². The highest BCUT2D eigenvalue weighted by Crippen LogP contribution is 2.47. The zero-order valence-electron chi connectivity index (χ0n) is 50.1. The van der Waals surface area contributed by atoms with Crippen LogP contribution in [-0.2, 0) is 0 Å². The van der Waals surface area contributed by atoms with Crippen LogP contribution in [0, 0.1) is 25.2 Å². The van der Waals surface area contributed by atoms with Crippen LogP contribution in [0.15, 0.2) is 303 Å². The van der Waals surface area contributed by atoms with E-state index in [2.05, 4.69) is 325 Å². The standard InChI is InChI=1S/C85H56N6/c1-54-45-66(46-55(2)87-54)68-27-15-16-28-69(68)76-52-83(90-79-41-34-62(57-19-7-3-8-20-57)48-72(79)73-49-63(35-42-80(73)90)58-21-9-4-10-22-58)88-85(84(76)61-32-38-67(39-33-61)89-77-30-18-17-29-70(77)71-47-56(53-86)31-40-78(71)89)91-81-43-36-64(59-23-11-5-12-24-59)50-74(81)75-51-65(37-44-82(75)91)60-25-13-6-14-26-60/h3-52H,1-2H3. The summed E-state index contributed by atoms with van der Waals surface area (Å²) in [5.74, 6) is 1.57. The number of aryl methyl sites for hydroxylation is 2. The minimum absolute atomic E-state index is 0.631. The normalized spacial score (nSPS) is 11.6. The van der Waals surface area contributed by atoms with Crippen LogP contribution < -0.4 is 0 Å². The lowest BCUT2D eigenvalue weighted by molar-refractivity contribution is 1.02. The second-order valence-corrected chi connectivity index (χ2v) is 23.7. The summed E-state index contributed by atoms with van der Waals surface area (Å²) in [5, 5.41) is 16.7. The van der Waals surface area contributed by atoms with Gasteiger partial charge in [0.15, 0.2) is 0 Å². The first kappa shape index (κ1) is 53.1. The molecule has 5 aromatic heterocycles. The Morgan fingerprint density at radius 1 is 0.275 bits per heavy atom. The summed E-state index contributed by atoms with van der Waals surface area (Å²) in [6.07, 6.45) is 0. The molecule has 0 aliphatic carbocycles. The lowest BCUT2D eigenvalue weighted by Gasteiger charge is -2.22. The summed E-state index contributed by atoms with van der Waals surface area (Å²) >= 11 is 0. The molecule has 0 unspecified atom stereocenters. The molecule has 0 aliphatic rings. The molecular formula is C85H56N6. The molecule has 17 rings (SSSR count). The van der Waals surface area contributed by atoms with Crippen molar-refractivity contribution >= 4 is 65.4 Å². The van der Waals surface area contributed by atoms with Crippen LogP contribution in [0.2, 0.25) is 0 Å². The number of aromatic nitrogens is 5. The van der Waals surface area contributed by atoms with E-state index in [-0.39, 0.29) is 0 Å². The highest BCUT2D eigenvalue weighted by molar-refractivity contribution is 6.15. The van der Waals surface area contributed by atoms with Gasteiger partial charge in [-0.1, -0.05) is 200 Å². The first-order chi connectivity index (χ1) is 44.9. The van der Waals surface area contributed by atoms with E-state index in [1.807, 2.05) is 12.1 Å². The van der Waals surface area contributed by atoms with Crippen LogP contribution in [0.4, 0.5) is 0 Å². The van der Waals surface area contributed by atoms with E-state index in [1.165, 1.54) is 0 Å². The number of nitriles is 1. The number of rotatable bonds is 10. The molecule has 12 aromatic carbocycles. The van der Waals surface area contributed by atoms with Crippen LogP contribution in [0.1, 0.15) is 17.0 Å². The van der Waals surface area contributed by atoms with Gasteiger partial charge in [-0.05, 0) is 189 Å². The van der Waals surface area contributed by atoms with Gasteiger partial charge in [-0.3, -0.25) is 14.1 Å². The molecule has 0 fully saturated rings. The number of para-hydroxylation sites is 1. The third-order valence-electron chi connectivity index (χ3n) is 18.2. The second kappa shape index (κ2) is 21.6. The predicted octanol–water partition coefficient (Wildman–Crippen LogP) is 21.9. The van der Waals surface area contributed by atoms with E-state index in [0.29, 0.717) is 5.56 Å². The van der Waals surface area contributed by atoms with Crippen molar-refractivity contribution < 1.29 is 0 Å². The lowest BCUT2D eigenvalue weighted by Crippen LogP contribution is -2.08. The topological polar surface area (TPSA) is 64.4 Å². The number of fused-ring (bicyclic) bond motifs is 9. The molecule has 5 heterocycles. The highest BCUT2D eigenvalue weighted by atomic mass is 15.1. The fourth-order valence-corrected chi connectivity index (χ4v) is 14.1. The molecule has 0 N–H and O–H groups in total. The molecule has 0 saturated carbocycles. The van der Waals surface area contributed by atoms with E-state index in [0.717, 1.165) is 172 Å². The van der Waals surface area contributed by atoms with Gasteiger partial charge >= 0.3 is 0 Å². The third kappa shape index (κ3) is 9.01. The van der Waals surface area contributed by atoms with Crippen molar-refractivity contribution in [2.24, 2.45) is 0 Å². The van der Waals surface area contributed by atoms with Gasteiger partial charge in [-0.15, -0.1) is 0 Å². The van der Waals surface area contributed by atoms with Crippen LogP contribution in [0.5, 0.6) is 0 Å². The summed E-state index contributed by atoms with van der Waals surface area (Å²) in [6.45, 7) is 4.16. The Labute approximate surface area is 526 Å². The number of hydrogen-bond donors (Lipinski definition) is 0. The number of nitrogens with zero attached hydrogens (tertiary/aromatic N) is 6. The van der Waals surface area contributed by atoms with E-state index >= 15 is 0 Å². The van der Waals surface area contributed by atoms with Gasteiger partial charge in [0.25, 0.3) is 0 Å². The molecule has 0 aliphatic heterocycles. The summed E-state index contributed by atoms with van der Waals surface area (Å²) in [6, 6.07) is 112. The van der Waals surface area contributed by atoms with Crippen molar-refractivity contribution in [1.29, 1.82) is 5.26 Å². The molecule has 91 heavy (non-hydrogen) atoms. The summed E-state index contributed by atoms with van der Waals surface area (Å²) < 4.78 is 7.15. The Kier molecular flexibility index (Phi) is 12.6. The summed E-state index contributed by atoms with van der Waals surface area (Å²) in [4.78, 5) is 11.1. The predicted molar refractivity (Wildman–Crippen MR) is 377 cm³/mol. The molecule has 0 atom stereocenters. The largest absolute Gasteiger partial charge is 0.309 e. The van der Waals surface area contributed by atoms with Crippen LogP contribution in [0.3, 0.4) is 0 Å². The molecule has 0 radical (unpaired) electrons. The number of pyridine rings is 2. The molecule has 6 heteroatoms. The maximum Gasteiger partial charge on any atom is 0.148 e. The molecule has 0 bridgehead atoms. The smallest absolute Gasteiger partial charge is 0.148 e. The lowest BCUT2D eigenvalue weighted by atomic mass is 9.89. The number of hydrogen-bond acceptors (Lipinski definition) is 3. The van der Waals surface area contributed by atoms with Gasteiger partial charge in [0, 0.05) is 55.0 Å². The van der Waals surface area contributed by atoms with E-state index < -0.39 is 0 Å². The van der Waals surface area contributed by atoms with Crippen molar-refractivity contribution in [2.45, 2.75) is 13.8 Å². The van der Waals surface area contributed by atoms with Gasteiger partial charge in [0.2, 0.25) is 0 Å². The van der Waals surface area contributed by atoms with Gasteiger partial charge < -0.3 is 4.57 Å². The Morgan fingerprint density at radius 2 is 0.670 bits per heavy atom. The Morgan fingerprint density at radius 3 is 1.16 bits per heavy atom. The molecule has 0 spiro atoms. The Bertz CT molecular complexity index is 5560. The molecule has 0 saturated heterocycles.